The maximum Gasteiger partial charge on any atom is 0.180 e. The van der Waals surface area contributed by atoms with E-state index in [1.807, 2.05) is 18.3 Å². The molecule has 1 fully saturated rings. The number of aromatic nitrogens is 3. The van der Waals surface area contributed by atoms with Crippen molar-refractivity contribution in [1.29, 1.82) is 0 Å². The molecule has 5 heteroatoms. The van der Waals surface area contributed by atoms with Gasteiger partial charge in [-0.05, 0) is 37.0 Å². The number of hydrogen-bond acceptors (Lipinski definition) is 4. The van der Waals surface area contributed by atoms with Crippen LogP contribution in [0.2, 0.25) is 0 Å². The van der Waals surface area contributed by atoms with Crippen molar-refractivity contribution in [2.45, 2.75) is 31.9 Å². The normalized spacial score (nSPS) is 20.9. The summed E-state index contributed by atoms with van der Waals surface area (Å²) in [6.45, 7) is 1.34. The van der Waals surface area contributed by atoms with Gasteiger partial charge in [0.15, 0.2) is 11.5 Å². The van der Waals surface area contributed by atoms with Crippen LogP contribution in [-0.2, 0) is 11.3 Å². The van der Waals surface area contributed by atoms with E-state index in [1.165, 1.54) is 6.42 Å². The Balaban J connectivity index is 1.95. The molecule has 1 unspecified atom stereocenters. The van der Waals surface area contributed by atoms with Gasteiger partial charge in [0.05, 0.1) is 0 Å². The SMILES string of the molecule is NCc1ccn2nc(C3CCCCO3)nc2c1. The highest BCUT2D eigenvalue weighted by Crippen LogP contribution is 2.25. The molecule has 90 valence electrons. The van der Waals surface area contributed by atoms with E-state index in [9.17, 15) is 0 Å². The van der Waals surface area contributed by atoms with E-state index >= 15 is 0 Å². The van der Waals surface area contributed by atoms with Crippen molar-refractivity contribution in [2.24, 2.45) is 5.73 Å². The van der Waals surface area contributed by atoms with Gasteiger partial charge < -0.3 is 10.5 Å². The third kappa shape index (κ3) is 2.03. The molecule has 2 aromatic rings. The van der Waals surface area contributed by atoms with Gasteiger partial charge in [0.2, 0.25) is 0 Å². The van der Waals surface area contributed by atoms with Crippen LogP contribution in [0.3, 0.4) is 0 Å². The van der Waals surface area contributed by atoms with E-state index in [4.69, 9.17) is 10.5 Å². The molecule has 2 N–H and O–H groups in total. The zero-order valence-electron chi connectivity index (χ0n) is 9.67. The Labute approximate surface area is 99.6 Å². The van der Waals surface area contributed by atoms with Crippen molar-refractivity contribution in [1.82, 2.24) is 14.6 Å². The fraction of sp³-hybridized carbons (Fsp3) is 0.500. The second kappa shape index (κ2) is 4.43. The smallest absolute Gasteiger partial charge is 0.180 e. The van der Waals surface area contributed by atoms with Crippen molar-refractivity contribution in [3.05, 3.63) is 29.7 Å². The van der Waals surface area contributed by atoms with Crippen molar-refractivity contribution in [3.63, 3.8) is 0 Å². The Morgan fingerprint density at radius 1 is 1.47 bits per heavy atom. The van der Waals surface area contributed by atoms with Gasteiger partial charge in [0.1, 0.15) is 6.10 Å². The minimum Gasteiger partial charge on any atom is -0.370 e. The van der Waals surface area contributed by atoms with Crippen LogP contribution in [0.5, 0.6) is 0 Å². The Morgan fingerprint density at radius 2 is 2.41 bits per heavy atom. The zero-order valence-corrected chi connectivity index (χ0v) is 9.67. The summed E-state index contributed by atoms with van der Waals surface area (Å²) in [6.07, 6.45) is 5.30. The topological polar surface area (TPSA) is 65.4 Å². The quantitative estimate of drug-likeness (QED) is 0.850. The average Bonchev–Trinajstić information content (AvgIpc) is 2.82. The summed E-state index contributed by atoms with van der Waals surface area (Å²) >= 11 is 0. The maximum atomic E-state index is 5.69. The van der Waals surface area contributed by atoms with Crippen molar-refractivity contribution >= 4 is 5.65 Å². The summed E-state index contributed by atoms with van der Waals surface area (Å²) in [7, 11) is 0. The van der Waals surface area contributed by atoms with Crippen LogP contribution in [-0.4, -0.2) is 21.2 Å². The fourth-order valence-corrected chi connectivity index (χ4v) is 2.15. The Bertz CT molecular complexity index is 516. The van der Waals surface area contributed by atoms with Gasteiger partial charge in [-0.25, -0.2) is 9.50 Å². The predicted molar refractivity (Wildman–Crippen MR) is 63.4 cm³/mol. The molecule has 3 heterocycles. The molecule has 0 aliphatic carbocycles. The summed E-state index contributed by atoms with van der Waals surface area (Å²) in [5.41, 5.74) is 7.52. The minimum atomic E-state index is 0.0602. The van der Waals surface area contributed by atoms with Crippen LogP contribution >= 0.6 is 0 Å². The molecule has 1 saturated heterocycles. The van der Waals surface area contributed by atoms with Crippen LogP contribution in [0.1, 0.15) is 36.8 Å². The molecule has 0 aromatic carbocycles. The standard InChI is InChI=1S/C12H16N4O/c13-8-9-4-5-16-11(7-9)14-12(15-16)10-3-1-2-6-17-10/h4-5,7,10H,1-3,6,8,13H2. The van der Waals surface area contributed by atoms with Gasteiger partial charge in [0, 0.05) is 19.3 Å². The van der Waals surface area contributed by atoms with Crippen molar-refractivity contribution < 1.29 is 4.74 Å². The van der Waals surface area contributed by atoms with Crippen LogP contribution < -0.4 is 5.73 Å². The summed E-state index contributed by atoms with van der Waals surface area (Å²) in [5.74, 6) is 0.791. The van der Waals surface area contributed by atoms with Gasteiger partial charge in [-0.3, -0.25) is 0 Å². The van der Waals surface area contributed by atoms with Gasteiger partial charge >= 0.3 is 0 Å². The summed E-state index contributed by atoms with van der Waals surface area (Å²) in [6, 6.07) is 3.94. The molecule has 0 saturated carbocycles. The van der Waals surface area contributed by atoms with Crippen LogP contribution in [0.15, 0.2) is 18.3 Å². The third-order valence-corrected chi connectivity index (χ3v) is 3.12. The van der Waals surface area contributed by atoms with Crippen LogP contribution in [0.4, 0.5) is 0 Å². The lowest BCUT2D eigenvalue weighted by Crippen LogP contribution is -2.12. The van der Waals surface area contributed by atoms with Crippen LogP contribution in [0.25, 0.3) is 5.65 Å². The highest BCUT2D eigenvalue weighted by atomic mass is 16.5. The van der Waals surface area contributed by atoms with Crippen molar-refractivity contribution in [2.75, 3.05) is 6.61 Å². The van der Waals surface area contributed by atoms with E-state index in [0.29, 0.717) is 6.54 Å². The Hall–Kier alpha value is -1.46. The number of pyridine rings is 1. The maximum absolute atomic E-state index is 5.69. The number of fused-ring (bicyclic) bond motifs is 1. The molecule has 0 bridgehead atoms. The zero-order chi connectivity index (χ0) is 11.7. The van der Waals surface area contributed by atoms with E-state index in [1.54, 1.807) is 4.52 Å². The van der Waals surface area contributed by atoms with Crippen molar-refractivity contribution in [3.8, 4) is 0 Å². The molecule has 0 amide bonds. The first-order valence-electron chi connectivity index (χ1n) is 6.04. The number of nitrogens with two attached hydrogens (primary N) is 1. The molecule has 1 aliphatic rings. The number of ether oxygens (including phenoxy) is 1. The molecule has 1 atom stereocenters. The first-order chi connectivity index (χ1) is 8.36. The molecule has 0 radical (unpaired) electrons. The molecule has 17 heavy (non-hydrogen) atoms. The minimum absolute atomic E-state index is 0.0602. The van der Waals surface area contributed by atoms with Crippen LogP contribution in [0, 0.1) is 0 Å². The molecule has 2 aromatic heterocycles. The number of hydrogen-bond donors (Lipinski definition) is 1. The van der Waals surface area contributed by atoms with E-state index in [2.05, 4.69) is 10.1 Å². The van der Waals surface area contributed by atoms with Gasteiger partial charge in [0.25, 0.3) is 0 Å². The fourth-order valence-electron chi connectivity index (χ4n) is 2.15. The number of nitrogens with zero attached hydrogens (tertiary/aromatic N) is 3. The highest BCUT2D eigenvalue weighted by Gasteiger charge is 2.20. The van der Waals surface area contributed by atoms with E-state index < -0.39 is 0 Å². The predicted octanol–water partition coefficient (Wildman–Crippen LogP) is 1.43. The summed E-state index contributed by atoms with van der Waals surface area (Å²) in [4.78, 5) is 4.52. The lowest BCUT2D eigenvalue weighted by molar-refractivity contribution is 0.00962. The van der Waals surface area contributed by atoms with Gasteiger partial charge in [-0.1, -0.05) is 0 Å². The monoisotopic (exact) mass is 232 g/mol. The molecule has 1 aliphatic heterocycles. The van der Waals surface area contributed by atoms with Gasteiger partial charge in [-0.2, -0.15) is 0 Å². The molecular formula is C12H16N4O. The first-order valence-corrected chi connectivity index (χ1v) is 6.04. The van der Waals surface area contributed by atoms with Gasteiger partial charge in [-0.15, -0.1) is 5.10 Å². The largest absolute Gasteiger partial charge is 0.370 e. The molecule has 3 rings (SSSR count). The average molecular weight is 232 g/mol. The third-order valence-electron chi connectivity index (χ3n) is 3.12. The second-order valence-electron chi connectivity index (χ2n) is 4.37. The highest BCUT2D eigenvalue weighted by molar-refractivity contribution is 5.40. The molecule has 5 nitrogen and oxygen atoms in total. The summed E-state index contributed by atoms with van der Waals surface area (Å²) < 4.78 is 7.47. The second-order valence-corrected chi connectivity index (χ2v) is 4.37. The Morgan fingerprint density at radius 3 is 3.18 bits per heavy atom. The van der Waals surface area contributed by atoms with E-state index in [0.717, 1.165) is 36.5 Å². The molecule has 0 spiro atoms. The summed E-state index contributed by atoms with van der Waals surface area (Å²) in [5, 5.41) is 4.45. The lowest BCUT2D eigenvalue weighted by atomic mass is 10.1. The lowest BCUT2D eigenvalue weighted by Gasteiger charge is -2.19. The van der Waals surface area contributed by atoms with E-state index in [-0.39, 0.29) is 6.10 Å². The first kappa shape index (κ1) is 10.7. The number of rotatable bonds is 2. The Kier molecular flexibility index (Phi) is 2.78. The molecular weight excluding hydrogens is 216 g/mol.